The number of hydrogen-bond acceptors (Lipinski definition) is 3. The van der Waals surface area contributed by atoms with E-state index < -0.39 is 0 Å². The zero-order valence-electron chi connectivity index (χ0n) is 11.0. The highest BCUT2D eigenvalue weighted by Crippen LogP contribution is 2.21. The molecule has 0 aliphatic carbocycles. The SMILES string of the molecule is CCC(CNCCOC)c1ccc(OC)cc1. The van der Waals surface area contributed by atoms with E-state index in [2.05, 4.69) is 24.4 Å². The van der Waals surface area contributed by atoms with E-state index in [1.807, 2.05) is 12.1 Å². The molecule has 1 unspecified atom stereocenters. The second kappa shape index (κ2) is 8.09. The minimum Gasteiger partial charge on any atom is -0.497 e. The molecule has 0 spiro atoms. The van der Waals surface area contributed by atoms with Crippen molar-refractivity contribution in [3.8, 4) is 5.75 Å². The smallest absolute Gasteiger partial charge is 0.118 e. The Morgan fingerprint density at radius 2 is 1.88 bits per heavy atom. The van der Waals surface area contributed by atoms with Crippen LogP contribution in [0.2, 0.25) is 0 Å². The van der Waals surface area contributed by atoms with Gasteiger partial charge in [0.05, 0.1) is 13.7 Å². The molecule has 1 aromatic carbocycles. The Bertz CT molecular complexity index is 298. The van der Waals surface area contributed by atoms with Crippen LogP contribution in [0.3, 0.4) is 0 Å². The van der Waals surface area contributed by atoms with E-state index in [0.29, 0.717) is 5.92 Å². The lowest BCUT2D eigenvalue weighted by molar-refractivity contribution is 0.199. The third-order valence-electron chi connectivity index (χ3n) is 2.95. The molecular formula is C14H23NO2. The van der Waals surface area contributed by atoms with Crippen molar-refractivity contribution in [2.75, 3.05) is 33.9 Å². The summed E-state index contributed by atoms with van der Waals surface area (Å²) in [6.45, 7) is 4.88. The van der Waals surface area contributed by atoms with Gasteiger partial charge < -0.3 is 14.8 Å². The topological polar surface area (TPSA) is 30.5 Å². The van der Waals surface area contributed by atoms with Gasteiger partial charge in [-0.15, -0.1) is 0 Å². The summed E-state index contributed by atoms with van der Waals surface area (Å²) in [6, 6.07) is 8.33. The van der Waals surface area contributed by atoms with Crippen molar-refractivity contribution in [3.63, 3.8) is 0 Å². The van der Waals surface area contributed by atoms with Crippen molar-refractivity contribution in [1.82, 2.24) is 5.32 Å². The van der Waals surface area contributed by atoms with Gasteiger partial charge in [0.25, 0.3) is 0 Å². The normalized spacial score (nSPS) is 12.4. The molecule has 0 aliphatic rings. The van der Waals surface area contributed by atoms with Crippen LogP contribution in [0.25, 0.3) is 0 Å². The second-order valence-electron chi connectivity index (χ2n) is 4.08. The fourth-order valence-electron chi connectivity index (χ4n) is 1.82. The van der Waals surface area contributed by atoms with Crippen molar-refractivity contribution < 1.29 is 9.47 Å². The predicted octanol–water partition coefficient (Wildman–Crippen LogP) is 2.42. The van der Waals surface area contributed by atoms with Crippen LogP contribution in [0.1, 0.15) is 24.8 Å². The Morgan fingerprint density at radius 1 is 1.18 bits per heavy atom. The predicted molar refractivity (Wildman–Crippen MR) is 70.8 cm³/mol. The van der Waals surface area contributed by atoms with Gasteiger partial charge in [0, 0.05) is 20.2 Å². The monoisotopic (exact) mass is 237 g/mol. The Hall–Kier alpha value is -1.06. The minimum absolute atomic E-state index is 0.553. The van der Waals surface area contributed by atoms with Crippen LogP contribution < -0.4 is 10.1 Å². The average Bonchev–Trinajstić information content (AvgIpc) is 2.39. The lowest BCUT2D eigenvalue weighted by Crippen LogP contribution is -2.24. The fourth-order valence-corrected chi connectivity index (χ4v) is 1.82. The molecule has 3 nitrogen and oxygen atoms in total. The highest BCUT2D eigenvalue weighted by Gasteiger charge is 2.08. The van der Waals surface area contributed by atoms with E-state index in [0.717, 1.165) is 31.9 Å². The number of benzene rings is 1. The molecule has 0 bridgehead atoms. The average molecular weight is 237 g/mol. The molecule has 0 fully saturated rings. The Labute approximate surface area is 104 Å². The van der Waals surface area contributed by atoms with Gasteiger partial charge in [0.1, 0.15) is 5.75 Å². The molecule has 96 valence electrons. The maximum atomic E-state index is 5.16. The second-order valence-corrected chi connectivity index (χ2v) is 4.08. The van der Waals surface area contributed by atoms with E-state index >= 15 is 0 Å². The van der Waals surface area contributed by atoms with E-state index in [-0.39, 0.29) is 0 Å². The van der Waals surface area contributed by atoms with Gasteiger partial charge >= 0.3 is 0 Å². The molecule has 0 heterocycles. The first-order valence-corrected chi connectivity index (χ1v) is 6.15. The van der Waals surface area contributed by atoms with Gasteiger partial charge in [0.15, 0.2) is 0 Å². The van der Waals surface area contributed by atoms with E-state index in [4.69, 9.17) is 9.47 Å². The summed E-state index contributed by atoms with van der Waals surface area (Å²) in [4.78, 5) is 0. The molecular weight excluding hydrogens is 214 g/mol. The maximum Gasteiger partial charge on any atom is 0.118 e. The molecule has 0 amide bonds. The molecule has 17 heavy (non-hydrogen) atoms. The number of hydrogen-bond donors (Lipinski definition) is 1. The van der Waals surface area contributed by atoms with Crippen molar-refractivity contribution in [2.24, 2.45) is 0 Å². The summed E-state index contributed by atoms with van der Waals surface area (Å²) >= 11 is 0. The van der Waals surface area contributed by atoms with Crippen molar-refractivity contribution in [2.45, 2.75) is 19.3 Å². The summed E-state index contributed by atoms with van der Waals surface area (Å²) in [7, 11) is 3.42. The first-order valence-electron chi connectivity index (χ1n) is 6.15. The van der Waals surface area contributed by atoms with Gasteiger partial charge in [0.2, 0.25) is 0 Å². The van der Waals surface area contributed by atoms with Crippen molar-refractivity contribution in [1.29, 1.82) is 0 Å². The van der Waals surface area contributed by atoms with Crippen LogP contribution in [0, 0.1) is 0 Å². The Balaban J connectivity index is 2.47. The lowest BCUT2D eigenvalue weighted by Gasteiger charge is -2.16. The first-order chi connectivity index (χ1) is 8.31. The third-order valence-corrected chi connectivity index (χ3v) is 2.95. The van der Waals surface area contributed by atoms with Gasteiger partial charge in [-0.25, -0.2) is 0 Å². The number of rotatable bonds is 8. The van der Waals surface area contributed by atoms with Crippen LogP contribution in [0.15, 0.2) is 24.3 Å². The van der Waals surface area contributed by atoms with Crippen molar-refractivity contribution in [3.05, 3.63) is 29.8 Å². The molecule has 0 radical (unpaired) electrons. The number of ether oxygens (including phenoxy) is 2. The van der Waals surface area contributed by atoms with Gasteiger partial charge in [-0.05, 0) is 30.0 Å². The van der Waals surface area contributed by atoms with E-state index in [9.17, 15) is 0 Å². The Kier molecular flexibility index (Phi) is 6.67. The quantitative estimate of drug-likeness (QED) is 0.704. The molecule has 0 aromatic heterocycles. The molecule has 1 N–H and O–H groups in total. The first kappa shape index (κ1) is 14.0. The number of methoxy groups -OCH3 is 2. The van der Waals surface area contributed by atoms with Crippen molar-refractivity contribution >= 4 is 0 Å². The highest BCUT2D eigenvalue weighted by atomic mass is 16.5. The van der Waals surface area contributed by atoms with Crippen LogP contribution in [0.4, 0.5) is 0 Å². The zero-order valence-corrected chi connectivity index (χ0v) is 11.0. The molecule has 0 aliphatic heterocycles. The summed E-state index contributed by atoms with van der Waals surface area (Å²) in [5.74, 6) is 1.47. The summed E-state index contributed by atoms with van der Waals surface area (Å²) in [6.07, 6.45) is 1.13. The fraction of sp³-hybridized carbons (Fsp3) is 0.571. The van der Waals surface area contributed by atoms with Crippen LogP contribution >= 0.6 is 0 Å². The van der Waals surface area contributed by atoms with Crippen LogP contribution in [-0.4, -0.2) is 33.9 Å². The molecule has 0 saturated carbocycles. The van der Waals surface area contributed by atoms with Gasteiger partial charge in [-0.1, -0.05) is 19.1 Å². The van der Waals surface area contributed by atoms with Gasteiger partial charge in [-0.2, -0.15) is 0 Å². The maximum absolute atomic E-state index is 5.16. The summed E-state index contributed by atoms with van der Waals surface area (Å²) < 4.78 is 10.2. The molecule has 0 saturated heterocycles. The molecule has 1 rings (SSSR count). The van der Waals surface area contributed by atoms with Crippen LogP contribution in [0.5, 0.6) is 5.75 Å². The van der Waals surface area contributed by atoms with E-state index in [1.165, 1.54) is 5.56 Å². The standard InChI is InChI=1S/C14H23NO2/c1-4-12(11-15-9-10-16-2)13-5-7-14(17-3)8-6-13/h5-8,12,15H,4,9-11H2,1-3H3. The van der Waals surface area contributed by atoms with Crippen LogP contribution in [-0.2, 0) is 4.74 Å². The highest BCUT2D eigenvalue weighted by molar-refractivity contribution is 5.29. The molecule has 1 aromatic rings. The van der Waals surface area contributed by atoms with E-state index in [1.54, 1.807) is 14.2 Å². The van der Waals surface area contributed by atoms with Gasteiger partial charge in [-0.3, -0.25) is 0 Å². The minimum atomic E-state index is 0.553. The lowest BCUT2D eigenvalue weighted by atomic mass is 9.96. The summed E-state index contributed by atoms with van der Waals surface area (Å²) in [5, 5.41) is 3.41. The summed E-state index contributed by atoms with van der Waals surface area (Å²) in [5.41, 5.74) is 1.36. The number of nitrogens with one attached hydrogen (secondary N) is 1. The largest absolute Gasteiger partial charge is 0.497 e. The third kappa shape index (κ3) is 4.75. The Morgan fingerprint density at radius 3 is 2.41 bits per heavy atom. The molecule has 3 heteroatoms. The molecule has 1 atom stereocenters. The zero-order chi connectivity index (χ0) is 12.5.